The molecule has 1 atom stereocenters. The summed E-state index contributed by atoms with van der Waals surface area (Å²) in [5.74, 6) is -0.0787. The van der Waals surface area contributed by atoms with Gasteiger partial charge in [0.25, 0.3) is 0 Å². The van der Waals surface area contributed by atoms with Crippen LogP contribution in [-0.2, 0) is 11.2 Å². The molecule has 4 heteroatoms. The van der Waals surface area contributed by atoms with Gasteiger partial charge in [0.1, 0.15) is 6.04 Å². The third-order valence-electron chi connectivity index (χ3n) is 4.31. The minimum absolute atomic E-state index is 0.0115. The number of carbonyl (C=O) groups is 2. The van der Waals surface area contributed by atoms with Crippen LogP contribution >= 0.6 is 0 Å². The van der Waals surface area contributed by atoms with Crippen molar-refractivity contribution in [2.24, 2.45) is 0 Å². The van der Waals surface area contributed by atoms with Gasteiger partial charge in [0.15, 0.2) is 5.78 Å². The molecule has 1 aliphatic rings. The number of amides is 1. The van der Waals surface area contributed by atoms with Crippen LogP contribution in [0.5, 0.6) is 0 Å². The van der Waals surface area contributed by atoms with Crippen molar-refractivity contribution in [2.75, 3.05) is 16.8 Å². The van der Waals surface area contributed by atoms with E-state index >= 15 is 0 Å². The van der Waals surface area contributed by atoms with Crippen molar-refractivity contribution in [1.29, 1.82) is 0 Å². The molecule has 1 amide bonds. The molecule has 2 aromatic carbocycles. The molecule has 1 N–H and O–H groups in total. The van der Waals surface area contributed by atoms with Crippen molar-refractivity contribution in [3.63, 3.8) is 0 Å². The van der Waals surface area contributed by atoms with Crippen LogP contribution in [0.2, 0.25) is 0 Å². The highest BCUT2D eigenvalue weighted by Crippen LogP contribution is 2.29. The number of benzene rings is 2. The fourth-order valence-corrected chi connectivity index (χ4v) is 2.97. The number of rotatable bonds is 4. The van der Waals surface area contributed by atoms with Gasteiger partial charge < -0.3 is 10.2 Å². The summed E-state index contributed by atoms with van der Waals surface area (Å²) in [4.78, 5) is 26.1. The molecule has 118 valence electrons. The quantitative estimate of drug-likeness (QED) is 0.882. The molecule has 0 saturated heterocycles. The van der Waals surface area contributed by atoms with Gasteiger partial charge in [0.2, 0.25) is 5.91 Å². The first-order valence-corrected chi connectivity index (χ1v) is 7.82. The predicted molar refractivity (Wildman–Crippen MR) is 92.0 cm³/mol. The average molecular weight is 308 g/mol. The van der Waals surface area contributed by atoms with Crippen molar-refractivity contribution in [1.82, 2.24) is 0 Å². The zero-order valence-corrected chi connectivity index (χ0v) is 13.4. The summed E-state index contributed by atoms with van der Waals surface area (Å²) in [5.41, 5.74) is 3.67. The minimum Gasteiger partial charge on any atom is -0.359 e. The maximum Gasteiger partial charge on any atom is 0.246 e. The smallest absolute Gasteiger partial charge is 0.246 e. The number of hydrogen-bond acceptors (Lipinski definition) is 3. The lowest BCUT2D eigenvalue weighted by Gasteiger charge is -2.26. The number of fused-ring (bicyclic) bond motifs is 1. The normalized spacial score (nSPS) is 14.3. The first-order valence-electron chi connectivity index (χ1n) is 7.82. The highest BCUT2D eigenvalue weighted by molar-refractivity contribution is 5.99. The van der Waals surface area contributed by atoms with Crippen molar-refractivity contribution in [3.8, 4) is 0 Å². The number of nitrogens with zero attached hydrogens (tertiary/aromatic N) is 1. The molecular weight excluding hydrogens is 288 g/mol. The summed E-state index contributed by atoms with van der Waals surface area (Å²) in [6, 6.07) is 15.0. The first kappa shape index (κ1) is 15.3. The van der Waals surface area contributed by atoms with Gasteiger partial charge in [-0.25, -0.2) is 0 Å². The van der Waals surface area contributed by atoms with Crippen molar-refractivity contribution >= 4 is 23.1 Å². The van der Waals surface area contributed by atoms with E-state index in [-0.39, 0.29) is 17.7 Å². The van der Waals surface area contributed by atoms with E-state index in [1.54, 1.807) is 24.3 Å². The number of Topliss-reactive ketones (excluding diaryl/α,β-unsaturated/α-hetero) is 1. The number of anilines is 2. The van der Waals surface area contributed by atoms with E-state index in [0.29, 0.717) is 11.3 Å². The zero-order chi connectivity index (χ0) is 16.4. The van der Waals surface area contributed by atoms with Crippen LogP contribution < -0.4 is 10.2 Å². The molecule has 1 aliphatic heterocycles. The molecule has 0 spiro atoms. The lowest BCUT2D eigenvalue weighted by molar-refractivity contribution is -0.117. The second kappa shape index (κ2) is 6.24. The van der Waals surface area contributed by atoms with Crippen LogP contribution in [0.25, 0.3) is 0 Å². The molecule has 0 aliphatic carbocycles. The molecule has 3 rings (SSSR count). The summed E-state index contributed by atoms with van der Waals surface area (Å²) < 4.78 is 0. The largest absolute Gasteiger partial charge is 0.359 e. The van der Waals surface area contributed by atoms with E-state index in [0.717, 1.165) is 18.7 Å². The van der Waals surface area contributed by atoms with Gasteiger partial charge in [0.05, 0.1) is 0 Å². The van der Waals surface area contributed by atoms with Crippen molar-refractivity contribution in [2.45, 2.75) is 26.3 Å². The molecular formula is C19H20N2O2. The summed E-state index contributed by atoms with van der Waals surface area (Å²) in [6.45, 7) is 4.28. The van der Waals surface area contributed by atoms with Gasteiger partial charge in [-0.15, -0.1) is 0 Å². The van der Waals surface area contributed by atoms with Gasteiger partial charge in [-0.05, 0) is 44.0 Å². The topological polar surface area (TPSA) is 49.4 Å². The highest BCUT2D eigenvalue weighted by atomic mass is 16.2. The molecule has 2 aromatic rings. The summed E-state index contributed by atoms with van der Waals surface area (Å²) in [6.07, 6.45) is 0.966. The third kappa shape index (κ3) is 3.11. The van der Waals surface area contributed by atoms with E-state index < -0.39 is 0 Å². The van der Waals surface area contributed by atoms with Crippen LogP contribution in [0.1, 0.15) is 29.8 Å². The Bertz CT molecular complexity index is 755. The van der Waals surface area contributed by atoms with Crippen molar-refractivity contribution in [3.05, 3.63) is 59.7 Å². The Hall–Kier alpha value is -2.62. The van der Waals surface area contributed by atoms with Crippen LogP contribution in [0.3, 0.4) is 0 Å². The number of para-hydroxylation sites is 1. The molecule has 0 saturated carbocycles. The average Bonchev–Trinajstić information content (AvgIpc) is 2.98. The second-order valence-electron chi connectivity index (χ2n) is 5.87. The van der Waals surface area contributed by atoms with Gasteiger partial charge >= 0.3 is 0 Å². The van der Waals surface area contributed by atoms with Gasteiger partial charge in [0, 0.05) is 23.5 Å². The summed E-state index contributed by atoms with van der Waals surface area (Å²) in [7, 11) is 0. The minimum atomic E-state index is -0.264. The molecule has 1 heterocycles. The molecule has 23 heavy (non-hydrogen) atoms. The van der Waals surface area contributed by atoms with Gasteiger partial charge in [-0.3, -0.25) is 9.59 Å². The summed E-state index contributed by atoms with van der Waals surface area (Å²) >= 11 is 0. The van der Waals surface area contributed by atoms with Crippen LogP contribution in [0, 0.1) is 0 Å². The Balaban J connectivity index is 1.74. The SMILES string of the molecule is CC(=O)c1cccc(NC(=O)C(C)N2CCc3ccccc32)c1. The maximum absolute atomic E-state index is 12.6. The molecule has 0 fully saturated rings. The third-order valence-corrected chi connectivity index (χ3v) is 4.31. The number of ketones is 1. The van der Waals surface area contributed by atoms with E-state index in [4.69, 9.17) is 0 Å². The van der Waals surface area contributed by atoms with E-state index in [2.05, 4.69) is 22.3 Å². The van der Waals surface area contributed by atoms with E-state index in [1.807, 2.05) is 19.1 Å². The molecule has 0 bridgehead atoms. The number of carbonyl (C=O) groups excluding carboxylic acids is 2. The Morgan fingerprint density at radius 1 is 1.13 bits per heavy atom. The Morgan fingerprint density at radius 2 is 1.91 bits per heavy atom. The number of hydrogen-bond donors (Lipinski definition) is 1. The molecule has 0 aromatic heterocycles. The maximum atomic E-state index is 12.6. The van der Waals surface area contributed by atoms with Crippen molar-refractivity contribution < 1.29 is 9.59 Å². The predicted octanol–water partition coefficient (Wildman–Crippen LogP) is 3.28. The molecule has 4 nitrogen and oxygen atoms in total. The van der Waals surface area contributed by atoms with Gasteiger partial charge in [-0.2, -0.15) is 0 Å². The lowest BCUT2D eigenvalue weighted by atomic mass is 10.1. The molecule has 0 radical (unpaired) electrons. The van der Waals surface area contributed by atoms with Gasteiger partial charge in [-0.1, -0.05) is 30.3 Å². The van der Waals surface area contributed by atoms with E-state index in [1.165, 1.54) is 12.5 Å². The monoisotopic (exact) mass is 308 g/mol. The lowest BCUT2D eigenvalue weighted by Crippen LogP contribution is -2.41. The Labute approximate surface area is 136 Å². The van der Waals surface area contributed by atoms with Crippen LogP contribution in [-0.4, -0.2) is 24.3 Å². The fourth-order valence-electron chi connectivity index (χ4n) is 2.97. The molecule has 1 unspecified atom stereocenters. The highest BCUT2D eigenvalue weighted by Gasteiger charge is 2.27. The Kier molecular flexibility index (Phi) is 4.15. The first-order chi connectivity index (χ1) is 11.1. The number of nitrogens with one attached hydrogen (secondary N) is 1. The standard InChI is InChI=1S/C19H20N2O2/c1-13(21-11-10-15-6-3-4-9-18(15)21)19(23)20-17-8-5-7-16(12-17)14(2)22/h3-9,12-13H,10-11H2,1-2H3,(H,20,23). The fraction of sp³-hybridized carbons (Fsp3) is 0.263. The summed E-state index contributed by atoms with van der Waals surface area (Å²) in [5, 5.41) is 2.91. The van der Waals surface area contributed by atoms with E-state index in [9.17, 15) is 9.59 Å². The second-order valence-corrected chi connectivity index (χ2v) is 5.87. The van der Waals surface area contributed by atoms with Crippen LogP contribution in [0.4, 0.5) is 11.4 Å². The zero-order valence-electron chi connectivity index (χ0n) is 13.4. The van der Waals surface area contributed by atoms with Crippen LogP contribution in [0.15, 0.2) is 48.5 Å². The Morgan fingerprint density at radius 3 is 2.70 bits per heavy atom.